The Morgan fingerprint density at radius 3 is 2.67 bits per heavy atom. The van der Waals surface area contributed by atoms with Crippen molar-refractivity contribution in [3.8, 4) is 11.5 Å². The number of hydrogen-bond acceptors (Lipinski definition) is 6. The second-order valence-electron chi connectivity index (χ2n) is 7.96. The number of rotatable bonds is 7. The molecule has 0 N–H and O–H groups in total. The second-order valence-corrected chi connectivity index (χ2v) is 9.09. The summed E-state index contributed by atoms with van der Waals surface area (Å²) < 4.78 is 27.1. The fourth-order valence-corrected chi connectivity index (χ4v) is 4.97. The van der Waals surface area contributed by atoms with E-state index in [-0.39, 0.29) is 18.0 Å². The van der Waals surface area contributed by atoms with Crippen molar-refractivity contribution < 1.29 is 18.7 Å². The van der Waals surface area contributed by atoms with Crippen LogP contribution in [0.4, 0.5) is 4.39 Å². The number of carbonyl (C=O) groups excluding carboxylic acids is 1. The summed E-state index contributed by atoms with van der Waals surface area (Å²) in [6.07, 6.45) is 1.89. The Bertz CT molecular complexity index is 1270. The van der Waals surface area contributed by atoms with Crippen LogP contribution >= 0.6 is 11.3 Å². The summed E-state index contributed by atoms with van der Waals surface area (Å²) in [5.41, 5.74) is 2.05. The van der Waals surface area contributed by atoms with Crippen LogP contribution in [-0.4, -0.2) is 42.0 Å². The van der Waals surface area contributed by atoms with Crippen molar-refractivity contribution in [3.63, 3.8) is 0 Å². The molecule has 33 heavy (non-hydrogen) atoms. The van der Waals surface area contributed by atoms with E-state index in [4.69, 9.17) is 9.47 Å². The third kappa shape index (κ3) is 5.11. The van der Waals surface area contributed by atoms with Crippen LogP contribution in [-0.2, 0) is 17.7 Å². The van der Waals surface area contributed by atoms with Gasteiger partial charge in [-0.2, -0.15) is 0 Å². The predicted molar refractivity (Wildman–Crippen MR) is 127 cm³/mol. The molecular formula is C26H23FN2O3S. The van der Waals surface area contributed by atoms with Gasteiger partial charge < -0.3 is 9.47 Å². The summed E-state index contributed by atoms with van der Waals surface area (Å²) in [5.74, 6) is -0.0599. The topological polar surface area (TPSA) is 51.7 Å². The fourth-order valence-electron chi connectivity index (χ4n) is 3.86. The minimum atomic E-state index is -0.566. The first-order valence-corrected chi connectivity index (χ1v) is 11.7. The third-order valence-electron chi connectivity index (χ3n) is 5.59. The molecule has 3 heterocycles. The molecule has 1 saturated heterocycles. The molecule has 0 atom stereocenters. The highest BCUT2D eigenvalue weighted by Gasteiger charge is 2.16. The van der Waals surface area contributed by atoms with E-state index in [1.807, 2.05) is 30.3 Å². The quantitative estimate of drug-likeness (QED) is 0.340. The lowest BCUT2D eigenvalue weighted by Crippen LogP contribution is -2.35. The van der Waals surface area contributed by atoms with Gasteiger partial charge in [0.1, 0.15) is 5.75 Å². The van der Waals surface area contributed by atoms with Crippen molar-refractivity contribution in [2.75, 3.05) is 26.3 Å². The molecule has 1 aliphatic heterocycles. The van der Waals surface area contributed by atoms with E-state index in [0.29, 0.717) is 11.3 Å². The zero-order chi connectivity index (χ0) is 22.6. The number of benzene rings is 2. The second kappa shape index (κ2) is 9.79. The van der Waals surface area contributed by atoms with Gasteiger partial charge in [-0.1, -0.05) is 30.3 Å². The molecule has 0 bridgehead atoms. The molecule has 2 aromatic carbocycles. The molecule has 0 radical (unpaired) electrons. The van der Waals surface area contributed by atoms with Crippen LogP contribution in [0.3, 0.4) is 0 Å². The summed E-state index contributed by atoms with van der Waals surface area (Å²) in [5, 5.41) is 0. The number of halogens is 1. The van der Waals surface area contributed by atoms with Crippen LogP contribution in [0.25, 0.3) is 10.2 Å². The van der Waals surface area contributed by atoms with E-state index >= 15 is 0 Å². The van der Waals surface area contributed by atoms with Gasteiger partial charge in [0.2, 0.25) is 0 Å². The molecule has 7 heteroatoms. The average Bonchev–Trinajstić information content (AvgIpc) is 3.25. The molecule has 168 valence electrons. The largest absolute Gasteiger partial charge is 0.453 e. The fraction of sp³-hybridized carbons (Fsp3) is 0.231. The number of hydrogen-bond donors (Lipinski definition) is 0. The first kappa shape index (κ1) is 21.7. The lowest BCUT2D eigenvalue weighted by molar-refractivity contribution is 0.0346. The Labute approximate surface area is 195 Å². The number of fused-ring (bicyclic) bond motifs is 1. The van der Waals surface area contributed by atoms with E-state index < -0.39 is 5.82 Å². The zero-order valence-electron chi connectivity index (χ0n) is 18.0. The van der Waals surface area contributed by atoms with E-state index in [0.717, 1.165) is 48.6 Å². The highest BCUT2D eigenvalue weighted by Crippen LogP contribution is 2.36. The summed E-state index contributed by atoms with van der Waals surface area (Å²) in [4.78, 5) is 20.5. The Hall–Kier alpha value is -3.13. The summed E-state index contributed by atoms with van der Waals surface area (Å²) in [7, 11) is 0. The molecule has 1 aliphatic rings. The molecule has 4 aromatic rings. The number of nitrogens with zero attached hydrogens (tertiary/aromatic N) is 2. The lowest BCUT2D eigenvalue weighted by Gasteiger charge is -2.25. The first-order chi connectivity index (χ1) is 16.2. The lowest BCUT2D eigenvalue weighted by atomic mass is 10.0. The number of carbonyl (C=O) groups is 1. The van der Waals surface area contributed by atoms with E-state index in [9.17, 15) is 9.18 Å². The van der Waals surface area contributed by atoms with Gasteiger partial charge in [0.25, 0.3) is 0 Å². The van der Waals surface area contributed by atoms with Crippen LogP contribution in [0.5, 0.6) is 11.5 Å². The van der Waals surface area contributed by atoms with Crippen molar-refractivity contribution in [2.24, 2.45) is 0 Å². The zero-order valence-corrected chi connectivity index (χ0v) is 18.8. The van der Waals surface area contributed by atoms with Gasteiger partial charge >= 0.3 is 0 Å². The van der Waals surface area contributed by atoms with Gasteiger partial charge in [0, 0.05) is 48.8 Å². The standard InChI is InChI=1S/C26H23FN2O3S/c27-21-15-19(23(30)14-18-4-2-1-3-5-18)6-7-24(21)32-25-8-9-28-22-16-20(33-26(22)25)17-29-10-12-31-13-11-29/h1-9,15-16H,10-14,17H2. The number of ether oxygens (including phenoxy) is 2. The van der Waals surface area contributed by atoms with Crippen molar-refractivity contribution >= 4 is 27.3 Å². The Morgan fingerprint density at radius 1 is 1.06 bits per heavy atom. The maximum Gasteiger partial charge on any atom is 0.167 e. The number of thiophene rings is 1. The Balaban J connectivity index is 1.33. The highest BCUT2D eigenvalue weighted by molar-refractivity contribution is 7.19. The van der Waals surface area contributed by atoms with Crippen LogP contribution in [0.2, 0.25) is 0 Å². The van der Waals surface area contributed by atoms with Crippen LogP contribution in [0, 0.1) is 5.82 Å². The molecule has 5 nitrogen and oxygen atoms in total. The summed E-state index contributed by atoms with van der Waals surface area (Å²) in [6, 6.07) is 17.6. The van der Waals surface area contributed by atoms with Crippen molar-refractivity contribution in [3.05, 3.63) is 88.7 Å². The van der Waals surface area contributed by atoms with Crippen molar-refractivity contribution in [1.82, 2.24) is 9.88 Å². The molecule has 0 unspecified atom stereocenters. The monoisotopic (exact) mass is 462 g/mol. The van der Waals surface area contributed by atoms with Gasteiger partial charge in [-0.15, -0.1) is 11.3 Å². The van der Waals surface area contributed by atoms with Gasteiger partial charge in [0.15, 0.2) is 17.3 Å². The highest BCUT2D eigenvalue weighted by atomic mass is 32.1. The molecule has 0 saturated carbocycles. The van der Waals surface area contributed by atoms with E-state index in [1.54, 1.807) is 29.7 Å². The van der Waals surface area contributed by atoms with Gasteiger partial charge in [-0.3, -0.25) is 14.7 Å². The van der Waals surface area contributed by atoms with E-state index in [2.05, 4.69) is 16.0 Å². The van der Waals surface area contributed by atoms with Crippen molar-refractivity contribution in [2.45, 2.75) is 13.0 Å². The maximum absolute atomic E-state index is 14.8. The molecule has 2 aromatic heterocycles. The van der Waals surface area contributed by atoms with Crippen LogP contribution < -0.4 is 4.74 Å². The molecule has 0 aliphatic carbocycles. The normalized spacial score (nSPS) is 14.5. The van der Waals surface area contributed by atoms with Crippen LogP contribution in [0.15, 0.2) is 66.9 Å². The molecule has 5 rings (SSSR count). The van der Waals surface area contributed by atoms with Gasteiger partial charge in [-0.05, 0) is 29.8 Å². The number of Topliss-reactive ketones (excluding diaryl/α,β-unsaturated/α-hetero) is 1. The molecular weight excluding hydrogens is 439 g/mol. The predicted octanol–water partition coefficient (Wildman–Crippen LogP) is 5.49. The minimum Gasteiger partial charge on any atom is -0.453 e. The number of aromatic nitrogens is 1. The number of morpholine rings is 1. The van der Waals surface area contributed by atoms with Gasteiger partial charge in [0.05, 0.1) is 23.4 Å². The van der Waals surface area contributed by atoms with Crippen LogP contribution in [0.1, 0.15) is 20.8 Å². The van der Waals surface area contributed by atoms with E-state index in [1.165, 1.54) is 17.0 Å². The number of pyridine rings is 1. The molecule has 0 spiro atoms. The number of ketones is 1. The van der Waals surface area contributed by atoms with Gasteiger partial charge in [-0.25, -0.2) is 4.39 Å². The third-order valence-corrected chi connectivity index (χ3v) is 6.71. The maximum atomic E-state index is 14.8. The molecule has 1 fully saturated rings. The smallest absolute Gasteiger partial charge is 0.167 e. The SMILES string of the molecule is O=C(Cc1ccccc1)c1ccc(Oc2ccnc3cc(CN4CCOCC4)sc23)c(F)c1. The Kier molecular flexibility index (Phi) is 6.44. The summed E-state index contributed by atoms with van der Waals surface area (Å²) >= 11 is 1.61. The van der Waals surface area contributed by atoms with Crippen molar-refractivity contribution in [1.29, 1.82) is 0 Å². The Morgan fingerprint density at radius 2 is 1.88 bits per heavy atom. The average molecular weight is 463 g/mol. The minimum absolute atomic E-state index is 0.0851. The summed E-state index contributed by atoms with van der Waals surface area (Å²) in [6.45, 7) is 4.15. The molecule has 0 amide bonds. The first-order valence-electron chi connectivity index (χ1n) is 10.9.